The van der Waals surface area contributed by atoms with E-state index >= 15 is 0 Å². The third-order valence-electron chi connectivity index (χ3n) is 5.40. The van der Waals surface area contributed by atoms with Gasteiger partial charge in [0.2, 0.25) is 0 Å². The Morgan fingerprint density at radius 1 is 1.26 bits per heavy atom. The fourth-order valence-electron chi connectivity index (χ4n) is 3.75. The van der Waals surface area contributed by atoms with E-state index in [1.165, 1.54) is 10.2 Å². The number of rotatable bonds is 4. The maximum atomic E-state index is 13.7. The molecule has 0 fully saturated rings. The van der Waals surface area contributed by atoms with Crippen molar-refractivity contribution in [2.24, 2.45) is 5.92 Å². The van der Waals surface area contributed by atoms with E-state index in [2.05, 4.69) is 4.98 Å². The molecule has 3 aromatic rings. The number of benzene rings is 1. The molecule has 0 aliphatic heterocycles. The quantitative estimate of drug-likeness (QED) is 0.538. The molecule has 0 bridgehead atoms. The van der Waals surface area contributed by atoms with E-state index < -0.39 is 10.0 Å². The Kier molecular flexibility index (Phi) is 5.29. The van der Waals surface area contributed by atoms with Gasteiger partial charge in [-0.25, -0.2) is 17.4 Å². The van der Waals surface area contributed by atoms with E-state index in [0.717, 1.165) is 17.4 Å². The highest BCUT2D eigenvalue weighted by molar-refractivity contribution is 7.90. The number of halogens is 1. The van der Waals surface area contributed by atoms with Crippen LogP contribution in [0.15, 0.2) is 59.1 Å². The van der Waals surface area contributed by atoms with Gasteiger partial charge in [-0.1, -0.05) is 48.4 Å². The standard InChI is InChI=1S/C23H18ClN3O3S/c1-14-3-6-18(7-4-14)31(29,30)27-21(19-8-5-16(13-28)9-15(19)2)10-20-22(24)17(11-25)12-26-23(20)27/h3-8,10,12-13,15H,9H2,1-2H3. The fraction of sp³-hybridized carbons (Fsp3) is 0.174. The summed E-state index contributed by atoms with van der Waals surface area (Å²) >= 11 is 6.42. The van der Waals surface area contributed by atoms with Crippen molar-refractivity contribution in [3.8, 4) is 6.07 Å². The Bertz CT molecular complexity index is 1430. The average molecular weight is 452 g/mol. The summed E-state index contributed by atoms with van der Waals surface area (Å²) in [6.45, 7) is 3.81. The SMILES string of the molecule is Cc1ccc(S(=O)(=O)n2c(C3=CC=C(C=O)CC3C)cc3c(Cl)c(C#N)cnc32)cc1. The minimum atomic E-state index is -4.02. The zero-order valence-electron chi connectivity index (χ0n) is 16.8. The highest BCUT2D eigenvalue weighted by atomic mass is 35.5. The van der Waals surface area contributed by atoms with Gasteiger partial charge < -0.3 is 0 Å². The van der Waals surface area contributed by atoms with Crippen molar-refractivity contribution < 1.29 is 13.2 Å². The largest absolute Gasteiger partial charge is 0.298 e. The first-order chi connectivity index (χ1) is 14.8. The van der Waals surface area contributed by atoms with Gasteiger partial charge in [0.05, 0.1) is 21.2 Å². The zero-order valence-corrected chi connectivity index (χ0v) is 18.4. The van der Waals surface area contributed by atoms with Gasteiger partial charge in [-0.05, 0) is 48.6 Å². The maximum Gasteiger partial charge on any atom is 0.269 e. The minimum Gasteiger partial charge on any atom is -0.298 e. The molecular formula is C23H18ClN3O3S. The Hall–Kier alpha value is -3.21. The molecule has 0 spiro atoms. The first-order valence-electron chi connectivity index (χ1n) is 9.56. The van der Waals surface area contributed by atoms with Gasteiger partial charge in [-0.3, -0.25) is 4.79 Å². The lowest BCUT2D eigenvalue weighted by Gasteiger charge is -2.21. The molecule has 1 atom stereocenters. The predicted octanol–water partition coefficient (Wildman–Crippen LogP) is 4.66. The number of fused-ring (bicyclic) bond motifs is 1. The molecule has 0 saturated carbocycles. The number of nitriles is 1. The summed E-state index contributed by atoms with van der Waals surface area (Å²) in [5.74, 6) is -0.101. The Labute approximate surface area is 185 Å². The molecule has 0 amide bonds. The molecule has 4 rings (SSSR count). The van der Waals surface area contributed by atoms with Crippen molar-refractivity contribution >= 4 is 44.5 Å². The number of aldehydes is 1. The average Bonchev–Trinajstić information content (AvgIpc) is 3.15. The molecule has 1 unspecified atom stereocenters. The molecule has 6 nitrogen and oxygen atoms in total. The van der Waals surface area contributed by atoms with Crippen LogP contribution >= 0.6 is 11.6 Å². The normalized spacial score (nSPS) is 16.5. The summed E-state index contributed by atoms with van der Waals surface area (Å²) in [6.07, 6.45) is 6.02. The van der Waals surface area contributed by atoms with Crippen molar-refractivity contribution in [2.75, 3.05) is 0 Å². The monoisotopic (exact) mass is 451 g/mol. The van der Waals surface area contributed by atoms with Gasteiger partial charge in [-0.15, -0.1) is 0 Å². The van der Waals surface area contributed by atoms with Crippen LogP contribution in [0.3, 0.4) is 0 Å². The third kappa shape index (κ3) is 3.48. The molecule has 0 N–H and O–H groups in total. The molecule has 0 saturated heterocycles. The van der Waals surface area contributed by atoms with Gasteiger partial charge in [0.25, 0.3) is 10.0 Å². The Morgan fingerprint density at radius 3 is 2.58 bits per heavy atom. The molecule has 1 aliphatic carbocycles. The Morgan fingerprint density at radius 2 is 1.97 bits per heavy atom. The highest BCUT2D eigenvalue weighted by Crippen LogP contribution is 2.38. The minimum absolute atomic E-state index is 0.101. The van der Waals surface area contributed by atoms with Crippen molar-refractivity contribution in [2.45, 2.75) is 25.2 Å². The molecule has 0 radical (unpaired) electrons. The van der Waals surface area contributed by atoms with E-state index in [4.69, 9.17) is 11.6 Å². The van der Waals surface area contributed by atoms with Crippen molar-refractivity contribution in [1.29, 1.82) is 5.26 Å². The van der Waals surface area contributed by atoms with E-state index in [1.807, 2.05) is 19.9 Å². The van der Waals surface area contributed by atoms with E-state index in [-0.39, 0.29) is 27.0 Å². The lowest BCUT2D eigenvalue weighted by molar-refractivity contribution is -0.105. The summed E-state index contributed by atoms with van der Waals surface area (Å²) in [6, 6.07) is 10.2. The number of carbonyl (C=O) groups excluding carboxylic acids is 1. The number of allylic oxidation sites excluding steroid dienone is 4. The van der Waals surface area contributed by atoms with Crippen LogP contribution in [0.25, 0.3) is 16.6 Å². The molecule has 156 valence electrons. The third-order valence-corrected chi connectivity index (χ3v) is 7.52. The first kappa shape index (κ1) is 21.0. The van der Waals surface area contributed by atoms with Gasteiger partial charge >= 0.3 is 0 Å². The molecular weight excluding hydrogens is 434 g/mol. The van der Waals surface area contributed by atoms with Gasteiger partial charge in [-0.2, -0.15) is 5.26 Å². The second-order valence-corrected chi connectivity index (χ2v) is 9.70. The molecule has 2 heterocycles. The van der Waals surface area contributed by atoms with Crippen LogP contribution in [0.5, 0.6) is 0 Å². The topological polar surface area (TPSA) is 92.8 Å². The van der Waals surface area contributed by atoms with Crippen LogP contribution < -0.4 is 0 Å². The summed E-state index contributed by atoms with van der Waals surface area (Å²) in [5.41, 5.74) is 3.05. The zero-order chi connectivity index (χ0) is 22.3. The molecule has 31 heavy (non-hydrogen) atoms. The number of aryl methyl sites for hydroxylation is 1. The lowest BCUT2D eigenvalue weighted by Crippen LogP contribution is -2.18. The number of hydrogen-bond acceptors (Lipinski definition) is 5. The highest BCUT2D eigenvalue weighted by Gasteiger charge is 2.29. The van der Waals surface area contributed by atoms with Crippen molar-refractivity contribution in [3.63, 3.8) is 0 Å². The van der Waals surface area contributed by atoms with E-state index in [9.17, 15) is 18.5 Å². The van der Waals surface area contributed by atoms with Crippen LogP contribution in [0.4, 0.5) is 0 Å². The second-order valence-electron chi connectivity index (χ2n) is 7.53. The maximum absolute atomic E-state index is 13.7. The van der Waals surface area contributed by atoms with Gasteiger partial charge in [0, 0.05) is 11.6 Å². The van der Waals surface area contributed by atoms with Crippen LogP contribution in [-0.2, 0) is 14.8 Å². The van der Waals surface area contributed by atoms with Gasteiger partial charge in [0.1, 0.15) is 12.4 Å². The van der Waals surface area contributed by atoms with Crippen LogP contribution in [-0.4, -0.2) is 23.7 Å². The lowest BCUT2D eigenvalue weighted by atomic mass is 9.87. The molecule has 1 aromatic carbocycles. The first-order valence-corrected chi connectivity index (χ1v) is 11.4. The van der Waals surface area contributed by atoms with Crippen LogP contribution in [0.1, 0.15) is 30.2 Å². The summed E-state index contributed by atoms with van der Waals surface area (Å²) in [4.78, 5) is 15.6. The second kappa shape index (κ2) is 7.80. The van der Waals surface area contributed by atoms with E-state index in [0.29, 0.717) is 23.1 Å². The number of aromatic nitrogens is 2. The number of pyridine rings is 1. The van der Waals surface area contributed by atoms with Crippen molar-refractivity contribution in [1.82, 2.24) is 8.96 Å². The summed E-state index contributed by atoms with van der Waals surface area (Å²) in [5, 5.41) is 9.85. The summed E-state index contributed by atoms with van der Waals surface area (Å²) < 4.78 is 28.6. The number of carbonyl (C=O) groups is 1. The molecule has 1 aliphatic rings. The number of hydrogen-bond donors (Lipinski definition) is 0. The van der Waals surface area contributed by atoms with Gasteiger partial charge in [0.15, 0.2) is 5.65 Å². The fourth-order valence-corrected chi connectivity index (χ4v) is 5.46. The van der Waals surface area contributed by atoms with Crippen molar-refractivity contribution in [3.05, 3.63) is 76.1 Å². The smallest absolute Gasteiger partial charge is 0.269 e. The number of nitrogens with zero attached hydrogens (tertiary/aromatic N) is 3. The Balaban J connectivity index is 2.07. The van der Waals surface area contributed by atoms with Crippen LogP contribution in [0.2, 0.25) is 5.02 Å². The molecule has 2 aromatic heterocycles. The molecule has 8 heteroatoms. The predicted molar refractivity (Wildman–Crippen MR) is 119 cm³/mol. The van der Waals surface area contributed by atoms with Crippen LogP contribution in [0, 0.1) is 24.2 Å². The summed E-state index contributed by atoms with van der Waals surface area (Å²) in [7, 11) is -4.02. The van der Waals surface area contributed by atoms with E-state index in [1.54, 1.807) is 42.5 Å².